The van der Waals surface area contributed by atoms with Crippen LogP contribution in [0.5, 0.6) is 0 Å². The zero-order chi connectivity index (χ0) is 18.1. The van der Waals surface area contributed by atoms with E-state index in [1.165, 1.54) is 0 Å². The highest BCUT2D eigenvalue weighted by molar-refractivity contribution is 7.90. The molecule has 2 saturated heterocycles. The van der Waals surface area contributed by atoms with Gasteiger partial charge in [0.25, 0.3) is 10.0 Å². The predicted molar refractivity (Wildman–Crippen MR) is 106 cm³/mol. The highest BCUT2D eigenvalue weighted by Crippen LogP contribution is 2.29. The summed E-state index contributed by atoms with van der Waals surface area (Å²) in [6.45, 7) is 3.15. The van der Waals surface area contributed by atoms with Crippen molar-refractivity contribution in [2.75, 3.05) is 26.2 Å². The minimum absolute atomic E-state index is 0. The van der Waals surface area contributed by atoms with E-state index in [-0.39, 0.29) is 35.2 Å². The van der Waals surface area contributed by atoms with E-state index in [1.807, 2.05) is 11.0 Å². The van der Waals surface area contributed by atoms with Gasteiger partial charge in [-0.1, -0.05) is 12.1 Å². The Morgan fingerprint density at radius 3 is 2.63 bits per heavy atom. The van der Waals surface area contributed by atoms with Gasteiger partial charge in [-0.2, -0.15) is 8.42 Å². The molecule has 0 aliphatic carbocycles. The summed E-state index contributed by atoms with van der Waals surface area (Å²) in [5.74, 6) is 0.637. The summed E-state index contributed by atoms with van der Waals surface area (Å²) in [5.41, 5.74) is 0.670. The fourth-order valence-corrected chi connectivity index (χ4v) is 5.19. The third kappa shape index (κ3) is 4.12. The monoisotopic (exact) mass is 412 g/mol. The Balaban J connectivity index is 0.00000210. The molecule has 0 aromatic heterocycles. The van der Waals surface area contributed by atoms with Gasteiger partial charge in [-0.05, 0) is 44.4 Å². The van der Waals surface area contributed by atoms with Crippen molar-refractivity contribution in [3.05, 3.63) is 29.8 Å². The summed E-state index contributed by atoms with van der Waals surface area (Å²) in [7, 11) is -3.59. The number of likely N-dealkylation sites (tertiary alicyclic amines) is 1. The van der Waals surface area contributed by atoms with E-state index in [1.54, 1.807) is 18.2 Å². The standard InChI is InChI=1S/C18H24N4O3S.ClH/c23-18(20-14-4-3-9-19-12-14)13-7-10-22(11-8-13)17-15-5-1-2-6-16(15)26(24,25)21-17;/h1-2,5-6,13-14,19H,3-4,7-12H2,(H,20,23);1H. The van der Waals surface area contributed by atoms with Crippen LogP contribution in [0.4, 0.5) is 0 Å². The van der Waals surface area contributed by atoms with Gasteiger partial charge in [0.15, 0.2) is 5.84 Å². The Kier molecular flexibility index (Phi) is 6.08. The number of benzene rings is 1. The maximum absolute atomic E-state index is 12.5. The van der Waals surface area contributed by atoms with Crippen molar-refractivity contribution >= 4 is 34.2 Å². The topological polar surface area (TPSA) is 90.9 Å². The minimum Gasteiger partial charge on any atom is -0.355 e. The van der Waals surface area contributed by atoms with Crippen molar-refractivity contribution in [2.45, 2.75) is 36.6 Å². The Bertz CT molecular complexity index is 829. The van der Waals surface area contributed by atoms with Crippen molar-refractivity contribution in [2.24, 2.45) is 10.3 Å². The summed E-state index contributed by atoms with van der Waals surface area (Å²) in [6, 6.07) is 7.16. The van der Waals surface area contributed by atoms with E-state index in [0.717, 1.165) is 25.9 Å². The lowest BCUT2D eigenvalue weighted by molar-refractivity contribution is -0.127. The average molecular weight is 413 g/mol. The smallest absolute Gasteiger partial charge is 0.285 e. The van der Waals surface area contributed by atoms with Crippen LogP contribution in [0.25, 0.3) is 0 Å². The van der Waals surface area contributed by atoms with E-state index < -0.39 is 10.0 Å². The highest BCUT2D eigenvalue weighted by Gasteiger charge is 2.34. The third-order valence-corrected chi connectivity index (χ3v) is 6.75. The van der Waals surface area contributed by atoms with Gasteiger partial charge in [0.05, 0.1) is 0 Å². The van der Waals surface area contributed by atoms with Gasteiger partial charge in [0.1, 0.15) is 4.90 Å². The maximum atomic E-state index is 12.5. The molecule has 1 atom stereocenters. The van der Waals surface area contributed by atoms with E-state index in [0.29, 0.717) is 37.3 Å². The molecular formula is C18H25ClN4O3S. The normalized spacial score (nSPS) is 24.5. The molecule has 3 aliphatic heterocycles. The third-order valence-electron chi connectivity index (χ3n) is 5.42. The molecule has 0 radical (unpaired) electrons. The Morgan fingerprint density at radius 1 is 1.19 bits per heavy atom. The van der Waals surface area contributed by atoms with Crippen LogP contribution >= 0.6 is 12.4 Å². The largest absolute Gasteiger partial charge is 0.355 e. The van der Waals surface area contributed by atoms with Gasteiger partial charge >= 0.3 is 0 Å². The number of carbonyl (C=O) groups is 1. The van der Waals surface area contributed by atoms with E-state index in [9.17, 15) is 13.2 Å². The van der Waals surface area contributed by atoms with Crippen LogP contribution in [0.1, 0.15) is 31.2 Å². The molecule has 1 aromatic rings. The minimum atomic E-state index is -3.59. The van der Waals surface area contributed by atoms with Gasteiger partial charge < -0.3 is 15.5 Å². The molecule has 4 rings (SSSR count). The first-order chi connectivity index (χ1) is 12.5. The van der Waals surface area contributed by atoms with Gasteiger partial charge in [-0.3, -0.25) is 4.79 Å². The second-order valence-corrected chi connectivity index (χ2v) is 8.77. The van der Waals surface area contributed by atoms with Crippen LogP contribution in [0.15, 0.2) is 33.6 Å². The van der Waals surface area contributed by atoms with Crippen LogP contribution in [0, 0.1) is 5.92 Å². The van der Waals surface area contributed by atoms with E-state index >= 15 is 0 Å². The number of nitrogens with zero attached hydrogens (tertiary/aromatic N) is 2. The van der Waals surface area contributed by atoms with Crippen molar-refractivity contribution < 1.29 is 13.2 Å². The highest BCUT2D eigenvalue weighted by atomic mass is 35.5. The number of amidine groups is 1. The van der Waals surface area contributed by atoms with Crippen molar-refractivity contribution in [1.82, 2.24) is 15.5 Å². The molecule has 7 nitrogen and oxygen atoms in total. The zero-order valence-corrected chi connectivity index (χ0v) is 16.7. The van der Waals surface area contributed by atoms with Crippen LogP contribution in [-0.4, -0.2) is 57.3 Å². The molecular weight excluding hydrogens is 388 g/mol. The number of hydrogen-bond acceptors (Lipinski definition) is 5. The lowest BCUT2D eigenvalue weighted by atomic mass is 9.94. The molecule has 2 N–H and O–H groups in total. The molecule has 148 valence electrons. The van der Waals surface area contributed by atoms with Crippen molar-refractivity contribution in [3.63, 3.8) is 0 Å². The number of hydrogen-bond donors (Lipinski definition) is 2. The molecule has 0 spiro atoms. The lowest BCUT2D eigenvalue weighted by Gasteiger charge is -2.34. The number of amides is 1. The van der Waals surface area contributed by atoms with Crippen molar-refractivity contribution in [3.8, 4) is 0 Å². The van der Waals surface area contributed by atoms with Crippen LogP contribution in [0.2, 0.25) is 0 Å². The first-order valence-electron chi connectivity index (χ1n) is 9.25. The van der Waals surface area contributed by atoms with E-state index in [2.05, 4.69) is 15.0 Å². The number of halogens is 1. The van der Waals surface area contributed by atoms with Crippen molar-refractivity contribution in [1.29, 1.82) is 0 Å². The second kappa shape index (κ2) is 8.16. The zero-order valence-electron chi connectivity index (χ0n) is 15.1. The molecule has 1 amide bonds. The molecule has 3 aliphatic rings. The van der Waals surface area contributed by atoms with Crippen LogP contribution < -0.4 is 10.6 Å². The maximum Gasteiger partial charge on any atom is 0.285 e. The summed E-state index contributed by atoms with van der Waals surface area (Å²) in [4.78, 5) is 14.8. The average Bonchev–Trinajstić information content (AvgIpc) is 2.94. The summed E-state index contributed by atoms with van der Waals surface area (Å²) in [5, 5.41) is 6.46. The lowest BCUT2D eigenvalue weighted by Crippen LogP contribution is -2.49. The van der Waals surface area contributed by atoms with E-state index in [4.69, 9.17) is 0 Å². The summed E-state index contributed by atoms with van der Waals surface area (Å²) in [6.07, 6.45) is 3.56. The molecule has 1 unspecified atom stereocenters. The molecule has 0 saturated carbocycles. The fourth-order valence-electron chi connectivity index (χ4n) is 3.96. The Morgan fingerprint density at radius 2 is 1.93 bits per heavy atom. The van der Waals surface area contributed by atoms with Crippen LogP contribution in [0.3, 0.4) is 0 Å². The first kappa shape index (κ1) is 20.1. The second-order valence-electron chi connectivity index (χ2n) is 7.20. The number of rotatable bonds is 2. The first-order valence-corrected chi connectivity index (χ1v) is 10.7. The molecule has 2 fully saturated rings. The van der Waals surface area contributed by atoms with Gasteiger partial charge in [0, 0.05) is 37.2 Å². The van der Waals surface area contributed by atoms with Gasteiger partial charge in [-0.25, -0.2) is 0 Å². The molecule has 0 bridgehead atoms. The Hall–Kier alpha value is -1.64. The molecule has 3 heterocycles. The molecule has 9 heteroatoms. The number of carbonyl (C=O) groups excluding carboxylic acids is 1. The summed E-state index contributed by atoms with van der Waals surface area (Å²) >= 11 is 0. The number of sulfonamides is 1. The number of nitrogens with one attached hydrogen (secondary N) is 2. The number of fused-ring (bicyclic) bond motifs is 1. The quantitative estimate of drug-likeness (QED) is 0.760. The van der Waals surface area contributed by atoms with Gasteiger partial charge in [-0.15, -0.1) is 16.8 Å². The SMILES string of the molecule is Cl.O=C(NC1CCCNC1)C1CCN(C2=NS(=O)(=O)c3ccccc32)CC1. The Labute approximate surface area is 166 Å². The molecule has 27 heavy (non-hydrogen) atoms. The summed E-state index contributed by atoms with van der Waals surface area (Å²) < 4.78 is 28.4. The van der Waals surface area contributed by atoms with Gasteiger partial charge in [0.2, 0.25) is 5.91 Å². The predicted octanol–water partition coefficient (Wildman–Crippen LogP) is 1.14. The fraction of sp³-hybridized carbons (Fsp3) is 0.556. The van der Waals surface area contributed by atoms with Crippen LogP contribution in [-0.2, 0) is 14.8 Å². The number of piperidine rings is 2. The molecule has 1 aromatic carbocycles.